The van der Waals surface area contributed by atoms with Gasteiger partial charge in [-0.1, -0.05) is 72.8 Å². The monoisotopic (exact) mass is 449 g/mol. The first-order valence-corrected chi connectivity index (χ1v) is 10.8. The summed E-state index contributed by atoms with van der Waals surface area (Å²) in [5.41, 5.74) is 1.86. The highest BCUT2D eigenvalue weighted by molar-refractivity contribution is 5.78. The average molecular weight is 450 g/mol. The Kier molecular flexibility index (Phi) is 8.82. The van der Waals surface area contributed by atoms with Crippen LogP contribution in [0.2, 0.25) is 0 Å². The number of carbonyl (C=O) groups is 2. The first kappa shape index (κ1) is 23.8. The standard InChI is InChI=1S/C26H28FN3O3/c1-30(18-20-10-4-2-5-11-20)26(32)28-17-16-25(31)29-23(21-12-6-3-7-13-21)19-33-24-15-9-8-14-22(24)27/h2-15,23H,16-19H2,1H3,(H,28,32)(H,29,31). The lowest BCUT2D eigenvalue weighted by Gasteiger charge is -2.21. The summed E-state index contributed by atoms with van der Waals surface area (Å²) in [5.74, 6) is -0.577. The van der Waals surface area contributed by atoms with Crippen LogP contribution in [0.4, 0.5) is 9.18 Å². The SMILES string of the molecule is CN(Cc1ccccc1)C(=O)NCCC(=O)NC(COc1ccccc1F)c1ccccc1. The molecule has 0 aliphatic rings. The Hall–Kier alpha value is -3.87. The molecule has 2 N–H and O–H groups in total. The van der Waals surface area contributed by atoms with Gasteiger partial charge in [-0.2, -0.15) is 0 Å². The highest BCUT2D eigenvalue weighted by Gasteiger charge is 2.17. The number of nitrogens with one attached hydrogen (secondary N) is 2. The topological polar surface area (TPSA) is 70.7 Å². The molecule has 3 amide bonds. The van der Waals surface area contributed by atoms with Gasteiger partial charge >= 0.3 is 6.03 Å². The number of carbonyl (C=O) groups excluding carboxylic acids is 2. The van der Waals surface area contributed by atoms with E-state index >= 15 is 0 Å². The second-order valence-electron chi connectivity index (χ2n) is 7.60. The van der Waals surface area contributed by atoms with Crippen molar-refractivity contribution >= 4 is 11.9 Å². The maximum absolute atomic E-state index is 13.9. The van der Waals surface area contributed by atoms with Crippen molar-refractivity contribution in [2.24, 2.45) is 0 Å². The summed E-state index contributed by atoms with van der Waals surface area (Å²) in [4.78, 5) is 26.4. The quantitative estimate of drug-likeness (QED) is 0.485. The van der Waals surface area contributed by atoms with Crippen LogP contribution >= 0.6 is 0 Å². The van der Waals surface area contributed by atoms with Crippen molar-refractivity contribution in [1.82, 2.24) is 15.5 Å². The van der Waals surface area contributed by atoms with Gasteiger partial charge in [0.2, 0.25) is 5.91 Å². The summed E-state index contributed by atoms with van der Waals surface area (Å²) in [6, 6.07) is 24.4. The third-order valence-corrected chi connectivity index (χ3v) is 5.02. The summed E-state index contributed by atoms with van der Waals surface area (Å²) in [7, 11) is 1.70. The summed E-state index contributed by atoms with van der Waals surface area (Å²) in [5, 5.41) is 5.67. The number of halogens is 1. The number of nitrogens with zero attached hydrogens (tertiary/aromatic N) is 1. The largest absolute Gasteiger partial charge is 0.488 e. The van der Waals surface area contributed by atoms with Gasteiger partial charge in [0.25, 0.3) is 0 Å². The zero-order valence-electron chi connectivity index (χ0n) is 18.5. The number of amides is 3. The molecule has 1 atom stereocenters. The van der Waals surface area contributed by atoms with E-state index in [2.05, 4.69) is 10.6 Å². The molecule has 0 saturated carbocycles. The van der Waals surface area contributed by atoms with Crippen molar-refractivity contribution in [3.05, 3.63) is 102 Å². The number of ether oxygens (including phenoxy) is 1. The van der Waals surface area contributed by atoms with Crippen molar-refractivity contribution in [2.45, 2.75) is 19.0 Å². The molecule has 0 aliphatic carbocycles. The molecule has 172 valence electrons. The van der Waals surface area contributed by atoms with Crippen LogP contribution in [0.3, 0.4) is 0 Å². The third-order valence-electron chi connectivity index (χ3n) is 5.02. The Bertz CT molecular complexity index is 1030. The number of hydrogen-bond donors (Lipinski definition) is 2. The molecular formula is C26H28FN3O3. The lowest BCUT2D eigenvalue weighted by atomic mass is 10.1. The van der Waals surface area contributed by atoms with Crippen LogP contribution in [0.15, 0.2) is 84.9 Å². The molecule has 1 unspecified atom stereocenters. The van der Waals surface area contributed by atoms with E-state index in [1.165, 1.54) is 6.07 Å². The molecule has 0 saturated heterocycles. The molecule has 0 aliphatic heterocycles. The van der Waals surface area contributed by atoms with Gasteiger partial charge in [-0.15, -0.1) is 0 Å². The van der Waals surface area contributed by atoms with Crippen molar-refractivity contribution in [3.63, 3.8) is 0 Å². The lowest BCUT2D eigenvalue weighted by molar-refractivity contribution is -0.121. The zero-order valence-corrected chi connectivity index (χ0v) is 18.5. The van der Waals surface area contributed by atoms with Gasteiger partial charge in [-0.25, -0.2) is 9.18 Å². The van der Waals surface area contributed by atoms with Crippen molar-refractivity contribution in [2.75, 3.05) is 20.2 Å². The van der Waals surface area contributed by atoms with Crippen molar-refractivity contribution in [1.29, 1.82) is 0 Å². The normalized spacial score (nSPS) is 11.3. The number of rotatable bonds is 10. The molecule has 6 nitrogen and oxygen atoms in total. The highest BCUT2D eigenvalue weighted by Crippen LogP contribution is 2.19. The summed E-state index contributed by atoms with van der Waals surface area (Å²) < 4.78 is 19.5. The second-order valence-corrected chi connectivity index (χ2v) is 7.60. The van der Waals surface area contributed by atoms with Gasteiger partial charge in [0.05, 0.1) is 6.04 Å². The minimum Gasteiger partial charge on any atom is -0.488 e. The molecule has 0 aromatic heterocycles. The zero-order chi connectivity index (χ0) is 23.5. The van der Waals surface area contributed by atoms with Crippen molar-refractivity contribution < 1.29 is 18.7 Å². The molecule has 33 heavy (non-hydrogen) atoms. The van der Waals surface area contributed by atoms with E-state index in [0.29, 0.717) is 6.54 Å². The molecule has 0 spiro atoms. The number of para-hydroxylation sites is 1. The number of urea groups is 1. The molecule has 3 rings (SSSR count). The average Bonchev–Trinajstić information content (AvgIpc) is 2.83. The minimum atomic E-state index is -0.463. The molecule has 3 aromatic carbocycles. The molecule has 0 radical (unpaired) electrons. The minimum absolute atomic E-state index is 0.0723. The van der Waals surface area contributed by atoms with E-state index in [0.717, 1.165) is 11.1 Å². The molecule has 3 aromatic rings. The van der Waals surface area contributed by atoms with Crippen molar-refractivity contribution in [3.8, 4) is 5.75 Å². The van der Waals surface area contributed by atoms with E-state index in [1.807, 2.05) is 60.7 Å². The van der Waals surface area contributed by atoms with Gasteiger partial charge in [-0.3, -0.25) is 4.79 Å². The number of benzene rings is 3. The third kappa shape index (κ3) is 7.64. The van der Waals surface area contributed by atoms with Crippen LogP contribution in [0.5, 0.6) is 5.75 Å². The van der Waals surface area contributed by atoms with E-state index in [-0.39, 0.29) is 37.3 Å². The Morgan fingerprint density at radius 3 is 2.27 bits per heavy atom. The molecule has 0 fully saturated rings. The van der Waals surface area contributed by atoms with Gasteiger partial charge in [-0.05, 0) is 23.3 Å². The Morgan fingerprint density at radius 1 is 0.939 bits per heavy atom. The summed E-state index contributed by atoms with van der Waals surface area (Å²) >= 11 is 0. The van der Waals surface area contributed by atoms with E-state index in [4.69, 9.17) is 4.74 Å². The molecule has 7 heteroatoms. The Labute approximate surface area is 193 Å². The van der Waals surface area contributed by atoms with Crippen LogP contribution in [0.1, 0.15) is 23.6 Å². The highest BCUT2D eigenvalue weighted by atomic mass is 19.1. The first-order chi connectivity index (χ1) is 16.0. The fourth-order valence-electron chi connectivity index (χ4n) is 3.25. The second kappa shape index (κ2) is 12.2. The Balaban J connectivity index is 1.49. The van der Waals surface area contributed by atoms with Gasteiger partial charge in [0.1, 0.15) is 6.61 Å². The van der Waals surface area contributed by atoms with Gasteiger partial charge in [0, 0.05) is 26.6 Å². The van der Waals surface area contributed by atoms with Crippen LogP contribution in [-0.2, 0) is 11.3 Å². The fraction of sp³-hybridized carbons (Fsp3) is 0.231. The van der Waals surface area contributed by atoms with Gasteiger partial charge < -0.3 is 20.3 Å². The smallest absolute Gasteiger partial charge is 0.317 e. The maximum atomic E-state index is 13.9. The molecule has 0 heterocycles. The summed E-state index contributed by atoms with van der Waals surface area (Å²) in [6.07, 6.45) is 0.105. The first-order valence-electron chi connectivity index (χ1n) is 10.8. The maximum Gasteiger partial charge on any atom is 0.317 e. The lowest BCUT2D eigenvalue weighted by Crippen LogP contribution is -2.39. The van der Waals surface area contributed by atoms with E-state index in [1.54, 1.807) is 30.1 Å². The van der Waals surface area contributed by atoms with Crippen LogP contribution < -0.4 is 15.4 Å². The predicted molar refractivity (Wildman–Crippen MR) is 125 cm³/mol. The van der Waals surface area contributed by atoms with Crippen LogP contribution in [-0.4, -0.2) is 37.0 Å². The number of hydrogen-bond acceptors (Lipinski definition) is 3. The molecule has 0 bridgehead atoms. The van der Waals surface area contributed by atoms with E-state index in [9.17, 15) is 14.0 Å². The van der Waals surface area contributed by atoms with Gasteiger partial charge in [0.15, 0.2) is 11.6 Å². The van der Waals surface area contributed by atoms with Crippen LogP contribution in [0, 0.1) is 5.82 Å². The Morgan fingerprint density at radius 2 is 1.58 bits per heavy atom. The fourth-order valence-corrected chi connectivity index (χ4v) is 3.25. The predicted octanol–water partition coefficient (Wildman–Crippen LogP) is 4.29. The molecular weight excluding hydrogens is 421 g/mol. The summed E-state index contributed by atoms with van der Waals surface area (Å²) in [6.45, 7) is 0.741. The van der Waals surface area contributed by atoms with E-state index < -0.39 is 11.9 Å². The van der Waals surface area contributed by atoms with Crippen LogP contribution in [0.25, 0.3) is 0 Å².